The lowest BCUT2D eigenvalue weighted by atomic mass is 10.0. The molecule has 7 nitrogen and oxygen atoms in total. The summed E-state index contributed by atoms with van der Waals surface area (Å²) in [5.74, 6) is 0.369. The Morgan fingerprint density at radius 2 is 1.78 bits per heavy atom. The fraction of sp³-hybridized carbons (Fsp3) is 0.417. The van der Waals surface area contributed by atoms with Crippen molar-refractivity contribution in [3.05, 3.63) is 71.0 Å². The quantitative estimate of drug-likeness (QED) is 0.433. The largest absolute Gasteiger partial charge is 0.379 e. The fourth-order valence-electron chi connectivity index (χ4n) is 3.64. The Morgan fingerprint density at radius 3 is 2.41 bits per heavy atom. The fourth-order valence-corrected chi connectivity index (χ4v) is 3.64. The molecule has 2 aromatic rings. The average molecular weight is 442 g/mol. The van der Waals surface area contributed by atoms with Crippen LogP contribution < -0.4 is 16.0 Å². The monoisotopic (exact) mass is 441 g/mol. The van der Waals surface area contributed by atoms with E-state index >= 15 is 0 Å². The predicted octanol–water partition coefficient (Wildman–Crippen LogP) is 2.31. The maximum atomic E-state index is 13.5. The number of carbonyl (C=O) groups excluding carboxylic acids is 1. The van der Waals surface area contributed by atoms with Gasteiger partial charge in [0.25, 0.3) is 5.91 Å². The zero-order valence-corrected chi connectivity index (χ0v) is 18.7. The molecule has 0 spiro atoms. The summed E-state index contributed by atoms with van der Waals surface area (Å²) >= 11 is 0. The molecule has 32 heavy (non-hydrogen) atoms. The molecule has 0 aliphatic carbocycles. The van der Waals surface area contributed by atoms with Gasteiger partial charge in [0.15, 0.2) is 5.96 Å². The van der Waals surface area contributed by atoms with Gasteiger partial charge >= 0.3 is 0 Å². The Balaban J connectivity index is 1.68. The van der Waals surface area contributed by atoms with Crippen molar-refractivity contribution in [3.8, 4) is 0 Å². The van der Waals surface area contributed by atoms with Crippen molar-refractivity contribution in [2.75, 3.05) is 46.4 Å². The summed E-state index contributed by atoms with van der Waals surface area (Å²) in [5, 5.41) is 9.34. The number of hydrogen-bond acceptors (Lipinski definition) is 4. The van der Waals surface area contributed by atoms with Crippen LogP contribution >= 0.6 is 0 Å². The van der Waals surface area contributed by atoms with Gasteiger partial charge in [0.05, 0.1) is 25.8 Å². The van der Waals surface area contributed by atoms with E-state index in [1.165, 1.54) is 12.1 Å². The second-order valence-corrected chi connectivity index (χ2v) is 7.57. The van der Waals surface area contributed by atoms with Crippen molar-refractivity contribution >= 4 is 11.9 Å². The van der Waals surface area contributed by atoms with Crippen LogP contribution in [-0.2, 0) is 11.3 Å². The number of hydrogen-bond donors (Lipinski definition) is 3. The summed E-state index contributed by atoms with van der Waals surface area (Å²) in [7, 11) is 1.62. The maximum absolute atomic E-state index is 13.5. The summed E-state index contributed by atoms with van der Waals surface area (Å²) in [5.41, 5.74) is 2.69. The molecule has 1 amide bonds. The highest BCUT2D eigenvalue weighted by Crippen LogP contribution is 2.21. The lowest BCUT2D eigenvalue weighted by Gasteiger charge is -2.35. The molecule has 1 heterocycles. The van der Waals surface area contributed by atoms with Crippen LogP contribution in [-0.4, -0.2) is 63.2 Å². The Labute approximate surface area is 189 Å². The number of benzene rings is 2. The number of halogens is 1. The van der Waals surface area contributed by atoms with E-state index in [-0.39, 0.29) is 17.8 Å². The van der Waals surface area contributed by atoms with Gasteiger partial charge in [0.1, 0.15) is 5.82 Å². The molecule has 1 unspecified atom stereocenters. The molecule has 1 aliphatic heterocycles. The summed E-state index contributed by atoms with van der Waals surface area (Å²) in [6.07, 6.45) is 0. The topological polar surface area (TPSA) is 78.0 Å². The van der Waals surface area contributed by atoms with E-state index in [0.717, 1.165) is 30.8 Å². The van der Waals surface area contributed by atoms with Gasteiger partial charge in [-0.05, 0) is 42.3 Å². The van der Waals surface area contributed by atoms with Crippen LogP contribution in [0.2, 0.25) is 0 Å². The number of nitrogens with zero attached hydrogens (tertiary/aromatic N) is 2. The molecule has 8 heteroatoms. The van der Waals surface area contributed by atoms with Crippen LogP contribution in [0.4, 0.5) is 4.39 Å². The molecular formula is C24H32FN5O2. The highest BCUT2D eigenvalue weighted by atomic mass is 19.1. The molecule has 0 bridgehead atoms. The normalized spacial score (nSPS) is 15.8. The third kappa shape index (κ3) is 6.77. The molecule has 0 radical (unpaired) electrons. The van der Waals surface area contributed by atoms with E-state index in [0.29, 0.717) is 37.8 Å². The number of carbonyl (C=O) groups is 1. The highest BCUT2D eigenvalue weighted by molar-refractivity contribution is 5.93. The smallest absolute Gasteiger partial charge is 0.251 e. The first-order valence-corrected chi connectivity index (χ1v) is 11.0. The van der Waals surface area contributed by atoms with E-state index in [1.807, 2.05) is 31.2 Å². The van der Waals surface area contributed by atoms with E-state index in [4.69, 9.17) is 9.73 Å². The molecule has 1 fully saturated rings. The summed E-state index contributed by atoms with van der Waals surface area (Å²) < 4.78 is 19.0. The maximum Gasteiger partial charge on any atom is 0.251 e. The molecule has 0 saturated carbocycles. The van der Waals surface area contributed by atoms with Gasteiger partial charge < -0.3 is 20.7 Å². The van der Waals surface area contributed by atoms with Gasteiger partial charge in [0, 0.05) is 38.8 Å². The van der Waals surface area contributed by atoms with E-state index in [2.05, 4.69) is 20.9 Å². The van der Waals surface area contributed by atoms with Crippen molar-refractivity contribution in [2.45, 2.75) is 19.5 Å². The van der Waals surface area contributed by atoms with E-state index in [9.17, 15) is 9.18 Å². The van der Waals surface area contributed by atoms with Crippen LogP contribution in [0.5, 0.6) is 0 Å². The van der Waals surface area contributed by atoms with Gasteiger partial charge in [-0.2, -0.15) is 0 Å². The molecule has 2 aromatic carbocycles. The first-order valence-electron chi connectivity index (χ1n) is 11.0. The molecule has 0 aromatic heterocycles. The zero-order valence-electron chi connectivity index (χ0n) is 18.7. The highest BCUT2D eigenvalue weighted by Gasteiger charge is 2.23. The van der Waals surface area contributed by atoms with Crippen molar-refractivity contribution in [1.82, 2.24) is 20.9 Å². The van der Waals surface area contributed by atoms with Crippen LogP contribution in [0.1, 0.15) is 34.5 Å². The summed E-state index contributed by atoms with van der Waals surface area (Å²) in [4.78, 5) is 18.7. The van der Waals surface area contributed by atoms with Gasteiger partial charge in [-0.15, -0.1) is 0 Å². The molecule has 172 valence electrons. The van der Waals surface area contributed by atoms with Gasteiger partial charge in [-0.3, -0.25) is 9.69 Å². The number of aliphatic imine (C=N–C) groups is 1. The van der Waals surface area contributed by atoms with Crippen LogP contribution in [0.15, 0.2) is 53.5 Å². The number of guanidine groups is 1. The van der Waals surface area contributed by atoms with Gasteiger partial charge in [-0.25, -0.2) is 9.38 Å². The lowest BCUT2D eigenvalue weighted by Crippen LogP contribution is -2.46. The molecule has 3 rings (SSSR count). The van der Waals surface area contributed by atoms with Crippen LogP contribution in [0.3, 0.4) is 0 Å². The van der Waals surface area contributed by atoms with Crippen molar-refractivity contribution in [1.29, 1.82) is 0 Å². The Morgan fingerprint density at radius 1 is 1.09 bits per heavy atom. The Kier molecular flexibility index (Phi) is 9.01. The third-order valence-electron chi connectivity index (χ3n) is 5.41. The Bertz CT molecular complexity index is 880. The van der Waals surface area contributed by atoms with Gasteiger partial charge in [0.2, 0.25) is 0 Å². The van der Waals surface area contributed by atoms with Gasteiger partial charge in [-0.1, -0.05) is 24.3 Å². The minimum absolute atomic E-state index is 0.0789. The van der Waals surface area contributed by atoms with Crippen LogP contribution in [0.25, 0.3) is 0 Å². The average Bonchev–Trinajstić information content (AvgIpc) is 2.84. The first kappa shape index (κ1) is 23.7. The number of ether oxygens (including phenoxy) is 1. The number of rotatable bonds is 8. The van der Waals surface area contributed by atoms with Crippen LogP contribution in [0, 0.1) is 5.82 Å². The second-order valence-electron chi connectivity index (χ2n) is 7.57. The third-order valence-corrected chi connectivity index (χ3v) is 5.41. The van der Waals surface area contributed by atoms with Crippen molar-refractivity contribution in [3.63, 3.8) is 0 Å². The summed E-state index contributed by atoms with van der Waals surface area (Å²) in [6.45, 7) is 6.92. The molecule has 3 N–H and O–H groups in total. The van der Waals surface area contributed by atoms with Crippen molar-refractivity contribution in [2.24, 2.45) is 4.99 Å². The minimum atomic E-state index is -0.236. The van der Waals surface area contributed by atoms with E-state index < -0.39 is 0 Å². The number of nitrogens with one attached hydrogen (secondary N) is 3. The minimum Gasteiger partial charge on any atom is -0.379 e. The summed E-state index contributed by atoms with van der Waals surface area (Å²) in [6, 6.07) is 14.2. The lowest BCUT2D eigenvalue weighted by molar-refractivity contribution is 0.0170. The predicted molar refractivity (Wildman–Crippen MR) is 124 cm³/mol. The SMILES string of the molecule is CCNC(=NCc1ccc(C(=O)NC)cc1)NCC(c1ccc(F)cc1)N1CCOCC1. The van der Waals surface area contributed by atoms with E-state index in [1.54, 1.807) is 19.2 Å². The van der Waals surface area contributed by atoms with Crippen molar-refractivity contribution < 1.29 is 13.9 Å². The standard InChI is InChI=1S/C24H32FN5O2/c1-3-27-24(28-16-18-4-6-20(7-5-18)23(31)26-2)29-17-22(30-12-14-32-15-13-30)19-8-10-21(25)11-9-19/h4-11,22H,3,12-17H2,1-2H3,(H,26,31)(H2,27,28,29). The Hall–Kier alpha value is -2.97. The zero-order chi connectivity index (χ0) is 22.8. The molecule has 1 aliphatic rings. The second kappa shape index (κ2) is 12.2. The molecule has 1 saturated heterocycles. The number of morpholine rings is 1. The molecular weight excluding hydrogens is 409 g/mol. The number of amides is 1. The first-order chi connectivity index (χ1) is 15.6. The molecule has 1 atom stereocenters.